The number of hydrogen-bond donors (Lipinski definition) is 3. The van der Waals surface area contributed by atoms with Gasteiger partial charge in [0.2, 0.25) is 0 Å². The molecule has 6 heteroatoms. The van der Waals surface area contributed by atoms with E-state index < -0.39 is 5.97 Å². The van der Waals surface area contributed by atoms with Gasteiger partial charge in [-0.2, -0.15) is 0 Å². The predicted octanol–water partition coefficient (Wildman–Crippen LogP) is 3.94. The number of benzene rings is 2. The molecular formula is C17H16N2O3S. The Hall–Kier alpha value is -2.60. The van der Waals surface area contributed by atoms with Crippen LogP contribution < -0.4 is 5.32 Å². The fourth-order valence-electron chi connectivity index (χ4n) is 2.33. The van der Waals surface area contributed by atoms with Gasteiger partial charge in [0.25, 0.3) is 0 Å². The second-order valence-electron chi connectivity index (χ2n) is 5.22. The zero-order valence-electron chi connectivity index (χ0n) is 12.5. The summed E-state index contributed by atoms with van der Waals surface area (Å²) in [6.45, 7) is 2.10. The van der Waals surface area contributed by atoms with Gasteiger partial charge in [-0.15, -0.1) is 0 Å². The second-order valence-corrected chi connectivity index (χ2v) is 6.25. The summed E-state index contributed by atoms with van der Waals surface area (Å²) >= 11 is 1.50. The molecule has 0 saturated carbocycles. The van der Waals surface area contributed by atoms with Gasteiger partial charge in [0, 0.05) is 0 Å². The molecule has 0 aliphatic rings. The quantitative estimate of drug-likeness (QED) is 0.618. The first kappa shape index (κ1) is 15.3. The number of carbonyl (C=O) groups is 1. The van der Waals surface area contributed by atoms with Crippen LogP contribution in [0.15, 0.2) is 36.4 Å². The number of carboxylic acid groups (broad SMARTS) is 1. The first-order chi connectivity index (χ1) is 11.0. The van der Waals surface area contributed by atoms with Gasteiger partial charge in [0.1, 0.15) is 5.75 Å². The number of phenols is 1. The lowest BCUT2D eigenvalue weighted by atomic mass is 10.1. The number of aromatic hydroxyl groups is 1. The SMILES string of the molecule is CCc1ccc2nc(Nc3cc(CC(=O)O)ccc3O)sc2c1. The van der Waals surface area contributed by atoms with Crippen LogP contribution in [0.3, 0.4) is 0 Å². The van der Waals surface area contributed by atoms with Crippen molar-refractivity contribution in [2.45, 2.75) is 19.8 Å². The van der Waals surface area contributed by atoms with E-state index in [1.54, 1.807) is 12.1 Å². The van der Waals surface area contributed by atoms with Crippen molar-refractivity contribution >= 4 is 38.3 Å². The molecule has 0 aliphatic heterocycles. The van der Waals surface area contributed by atoms with Gasteiger partial charge in [-0.3, -0.25) is 4.79 Å². The van der Waals surface area contributed by atoms with Gasteiger partial charge < -0.3 is 15.5 Å². The van der Waals surface area contributed by atoms with E-state index in [-0.39, 0.29) is 12.2 Å². The van der Waals surface area contributed by atoms with Crippen molar-refractivity contribution < 1.29 is 15.0 Å². The average molecular weight is 328 g/mol. The maximum absolute atomic E-state index is 10.8. The maximum atomic E-state index is 10.8. The number of aryl methyl sites for hydroxylation is 1. The lowest BCUT2D eigenvalue weighted by Crippen LogP contribution is -2.00. The lowest BCUT2D eigenvalue weighted by Gasteiger charge is -2.07. The minimum absolute atomic E-state index is 0.0626. The molecule has 0 radical (unpaired) electrons. The van der Waals surface area contributed by atoms with Crippen molar-refractivity contribution in [1.29, 1.82) is 0 Å². The number of aromatic nitrogens is 1. The van der Waals surface area contributed by atoms with Gasteiger partial charge in [-0.25, -0.2) is 4.98 Å². The lowest BCUT2D eigenvalue weighted by molar-refractivity contribution is -0.136. The zero-order valence-corrected chi connectivity index (χ0v) is 13.4. The number of nitrogens with zero attached hydrogens (tertiary/aromatic N) is 1. The molecular weight excluding hydrogens is 312 g/mol. The summed E-state index contributed by atoms with van der Waals surface area (Å²) in [5, 5.41) is 22.6. The number of rotatable bonds is 5. The number of hydrogen-bond acceptors (Lipinski definition) is 5. The summed E-state index contributed by atoms with van der Waals surface area (Å²) in [5.74, 6) is -0.846. The highest BCUT2D eigenvalue weighted by atomic mass is 32.1. The molecule has 3 rings (SSSR count). The molecule has 0 atom stereocenters. The van der Waals surface area contributed by atoms with Crippen LogP contribution >= 0.6 is 11.3 Å². The fourth-order valence-corrected chi connectivity index (χ4v) is 3.27. The largest absolute Gasteiger partial charge is 0.506 e. The van der Waals surface area contributed by atoms with Crippen LogP contribution in [-0.4, -0.2) is 21.2 Å². The number of carboxylic acids is 1. The van der Waals surface area contributed by atoms with E-state index in [4.69, 9.17) is 5.11 Å². The maximum Gasteiger partial charge on any atom is 0.307 e. The Labute approximate surface area is 137 Å². The first-order valence-electron chi connectivity index (χ1n) is 7.25. The highest BCUT2D eigenvalue weighted by molar-refractivity contribution is 7.22. The van der Waals surface area contributed by atoms with Crippen molar-refractivity contribution in [3.8, 4) is 5.75 Å². The van der Waals surface area contributed by atoms with Crippen LogP contribution in [0.5, 0.6) is 5.75 Å². The van der Waals surface area contributed by atoms with Gasteiger partial charge in [0.05, 0.1) is 22.3 Å². The third-order valence-corrected chi connectivity index (χ3v) is 4.45. The Morgan fingerprint density at radius 3 is 2.74 bits per heavy atom. The van der Waals surface area contributed by atoms with E-state index in [0.717, 1.165) is 16.6 Å². The third kappa shape index (κ3) is 3.43. The number of anilines is 2. The van der Waals surface area contributed by atoms with E-state index in [2.05, 4.69) is 29.4 Å². The topological polar surface area (TPSA) is 82.5 Å². The van der Waals surface area contributed by atoms with Gasteiger partial charge in [-0.05, 0) is 41.8 Å². The second kappa shape index (κ2) is 6.26. The van der Waals surface area contributed by atoms with E-state index in [1.807, 2.05) is 6.07 Å². The Morgan fingerprint density at radius 2 is 2.00 bits per heavy atom. The summed E-state index contributed by atoms with van der Waals surface area (Å²) in [5.41, 5.74) is 3.22. The van der Waals surface area contributed by atoms with Crippen LogP contribution in [0, 0.1) is 0 Å². The van der Waals surface area contributed by atoms with Crippen molar-refractivity contribution in [2.75, 3.05) is 5.32 Å². The number of phenolic OH excluding ortho intramolecular Hbond substituents is 1. The highest BCUT2D eigenvalue weighted by Crippen LogP contribution is 2.33. The van der Waals surface area contributed by atoms with Gasteiger partial charge in [-0.1, -0.05) is 30.4 Å². The van der Waals surface area contributed by atoms with Crippen molar-refractivity contribution in [3.63, 3.8) is 0 Å². The molecule has 1 heterocycles. The molecule has 3 N–H and O–H groups in total. The Kier molecular flexibility index (Phi) is 4.16. The molecule has 0 unspecified atom stereocenters. The van der Waals surface area contributed by atoms with Crippen LogP contribution in [-0.2, 0) is 17.6 Å². The van der Waals surface area contributed by atoms with E-state index in [0.29, 0.717) is 16.4 Å². The molecule has 0 bridgehead atoms. The normalized spacial score (nSPS) is 10.8. The Balaban J connectivity index is 1.90. The third-order valence-electron chi connectivity index (χ3n) is 3.52. The van der Waals surface area contributed by atoms with Gasteiger partial charge in [0.15, 0.2) is 5.13 Å². The number of thiazole rings is 1. The molecule has 0 spiro atoms. The van der Waals surface area contributed by atoms with Crippen molar-refractivity contribution in [3.05, 3.63) is 47.5 Å². The molecule has 23 heavy (non-hydrogen) atoms. The smallest absolute Gasteiger partial charge is 0.307 e. The fraction of sp³-hybridized carbons (Fsp3) is 0.176. The molecule has 0 amide bonds. The number of nitrogens with one attached hydrogen (secondary N) is 1. The van der Waals surface area contributed by atoms with Crippen molar-refractivity contribution in [2.24, 2.45) is 0 Å². The minimum atomic E-state index is -0.909. The van der Waals surface area contributed by atoms with Crippen LogP contribution in [0.25, 0.3) is 10.2 Å². The number of aliphatic carboxylic acids is 1. The Morgan fingerprint density at radius 1 is 1.22 bits per heavy atom. The van der Waals surface area contributed by atoms with E-state index in [1.165, 1.54) is 23.0 Å². The predicted molar refractivity (Wildman–Crippen MR) is 91.7 cm³/mol. The molecule has 0 saturated heterocycles. The van der Waals surface area contributed by atoms with Crippen LogP contribution in [0.4, 0.5) is 10.8 Å². The average Bonchev–Trinajstić information content (AvgIpc) is 2.91. The van der Waals surface area contributed by atoms with Crippen LogP contribution in [0.2, 0.25) is 0 Å². The first-order valence-corrected chi connectivity index (χ1v) is 8.07. The van der Waals surface area contributed by atoms with Gasteiger partial charge >= 0.3 is 5.97 Å². The number of fused-ring (bicyclic) bond motifs is 1. The van der Waals surface area contributed by atoms with Crippen LogP contribution in [0.1, 0.15) is 18.1 Å². The zero-order chi connectivity index (χ0) is 16.4. The molecule has 0 fully saturated rings. The highest BCUT2D eigenvalue weighted by Gasteiger charge is 2.09. The summed E-state index contributed by atoms with van der Waals surface area (Å²) in [4.78, 5) is 15.3. The summed E-state index contributed by atoms with van der Waals surface area (Å²) in [7, 11) is 0. The molecule has 2 aromatic carbocycles. The van der Waals surface area contributed by atoms with E-state index >= 15 is 0 Å². The molecule has 3 aromatic rings. The standard InChI is InChI=1S/C17H16N2O3S/c1-2-10-3-5-12-15(8-10)23-17(18-12)19-13-7-11(9-16(21)22)4-6-14(13)20/h3-8,20H,2,9H2,1H3,(H,18,19)(H,21,22). The van der Waals surface area contributed by atoms with Crippen molar-refractivity contribution in [1.82, 2.24) is 4.98 Å². The summed E-state index contributed by atoms with van der Waals surface area (Å²) < 4.78 is 1.08. The monoisotopic (exact) mass is 328 g/mol. The van der Waals surface area contributed by atoms with E-state index in [9.17, 15) is 9.90 Å². The minimum Gasteiger partial charge on any atom is -0.506 e. The molecule has 5 nitrogen and oxygen atoms in total. The summed E-state index contributed by atoms with van der Waals surface area (Å²) in [6, 6.07) is 10.9. The molecule has 118 valence electrons. The molecule has 1 aromatic heterocycles. The summed E-state index contributed by atoms with van der Waals surface area (Å²) in [6.07, 6.45) is 0.878. The Bertz CT molecular complexity index is 873. The molecule has 0 aliphatic carbocycles.